The number of nitrogens with zero attached hydrogens (tertiary/aromatic N) is 4. The lowest BCUT2D eigenvalue weighted by Crippen LogP contribution is -2.57. The molecule has 2 N–H and O–H groups in total. The summed E-state index contributed by atoms with van der Waals surface area (Å²) in [6.07, 6.45) is 10.5. The third-order valence-electron chi connectivity index (χ3n) is 14.0. The molecule has 57 heavy (non-hydrogen) atoms. The summed E-state index contributed by atoms with van der Waals surface area (Å²) in [4.78, 5) is 44.4. The van der Waals surface area contributed by atoms with E-state index in [-0.39, 0.29) is 36.0 Å². The summed E-state index contributed by atoms with van der Waals surface area (Å²) < 4.78 is 11.3. The molecule has 4 bridgehead atoms. The van der Waals surface area contributed by atoms with Crippen molar-refractivity contribution in [2.45, 2.75) is 76.5 Å². The van der Waals surface area contributed by atoms with E-state index in [0.717, 1.165) is 83.5 Å². The van der Waals surface area contributed by atoms with Crippen molar-refractivity contribution in [2.75, 3.05) is 40.4 Å². The largest absolute Gasteiger partial charge is 0.497 e. The lowest BCUT2D eigenvalue weighted by molar-refractivity contribution is -0.0152. The molecule has 2 unspecified atom stereocenters. The van der Waals surface area contributed by atoms with Crippen LogP contribution in [0.15, 0.2) is 73.1 Å². The van der Waals surface area contributed by atoms with Gasteiger partial charge in [0.25, 0.3) is 11.8 Å². The third kappa shape index (κ3) is 7.16. The minimum atomic E-state index is -0.265. The summed E-state index contributed by atoms with van der Waals surface area (Å²) in [5, 5.41) is 8.96. The van der Waals surface area contributed by atoms with Crippen LogP contribution < -0.4 is 20.1 Å². The van der Waals surface area contributed by atoms with E-state index in [9.17, 15) is 9.59 Å². The van der Waals surface area contributed by atoms with Gasteiger partial charge in [-0.25, -0.2) is 0 Å². The second-order valence-corrected chi connectivity index (χ2v) is 17.7. The van der Waals surface area contributed by atoms with E-state index >= 15 is 0 Å². The molecule has 6 saturated heterocycles. The predicted octanol–water partition coefficient (Wildman–Crippen LogP) is 8.04. The van der Waals surface area contributed by atoms with E-state index in [4.69, 9.17) is 9.47 Å². The summed E-state index contributed by atoms with van der Waals surface area (Å²) in [6.45, 7) is 8.76. The lowest BCUT2D eigenvalue weighted by Gasteiger charge is -2.52. The molecule has 6 fully saturated rings. The number of fused-ring (bicyclic) bond motifs is 8. The number of amides is 2. The smallest absolute Gasteiger partial charge is 0.261 e. The number of rotatable bonds is 12. The van der Waals surface area contributed by atoms with Gasteiger partial charge in [0.15, 0.2) is 0 Å². The number of carbonyl (C=O) groups excluding carboxylic acids is 2. The fourth-order valence-electron chi connectivity index (χ4n) is 10.8. The minimum Gasteiger partial charge on any atom is -0.497 e. The summed E-state index contributed by atoms with van der Waals surface area (Å²) >= 11 is 1.26. The van der Waals surface area contributed by atoms with Crippen LogP contribution in [0.2, 0.25) is 0 Å². The van der Waals surface area contributed by atoms with E-state index in [1.807, 2.05) is 48.8 Å². The molecule has 2 aromatic carbocycles. The molecular formula is C46H54N6O4S. The van der Waals surface area contributed by atoms with Gasteiger partial charge in [0.2, 0.25) is 0 Å². The lowest BCUT2D eigenvalue weighted by atomic mass is 9.72. The molecule has 10 nitrogen and oxygen atoms in total. The molecule has 0 radical (unpaired) electrons. The molecule has 9 heterocycles. The van der Waals surface area contributed by atoms with Crippen LogP contribution in [-0.2, 0) is 0 Å². The van der Waals surface area contributed by atoms with Gasteiger partial charge in [0.1, 0.15) is 11.5 Å². The van der Waals surface area contributed by atoms with Gasteiger partial charge in [-0.1, -0.05) is 26.7 Å². The van der Waals surface area contributed by atoms with Gasteiger partial charge in [-0.3, -0.25) is 29.4 Å². The second-order valence-electron chi connectivity index (χ2n) is 16.7. The molecule has 0 aliphatic carbocycles. The van der Waals surface area contributed by atoms with Gasteiger partial charge >= 0.3 is 0 Å². The highest BCUT2D eigenvalue weighted by Gasteiger charge is 2.45. The number of hydrogen-bond donors (Lipinski definition) is 2. The summed E-state index contributed by atoms with van der Waals surface area (Å²) in [5.41, 5.74) is 3.82. The quantitative estimate of drug-likeness (QED) is 0.131. The van der Waals surface area contributed by atoms with Gasteiger partial charge in [0, 0.05) is 48.3 Å². The van der Waals surface area contributed by atoms with E-state index in [1.54, 1.807) is 26.4 Å². The Morgan fingerprint density at radius 1 is 0.702 bits per heavy atom. The first-order valence-corrected chi connectivity index (χ1v) is 21.7. The van der Waals surface area contributed by atoms with Crippen LogP contribution in [-0.4, -0.2) is 84.1 Å². The van der Waals surface area contributed by atoms with Gasteiger partial charge < -0.3 is 20.1 Å². The summed E-state index contributed by atoms with van der Waals surface area (Å²) in [5.74, 6) is 3.82. The standard InChI is InChI=1S/C46H54N6O4S/c1-5-27-25-51-19-15-29(27)21-39(51)43(33-13-17-47-37-9-7-31(55-3)23-35(33)37)49-45(53)41-11-12-42(57-41)46(54)50-44(40-22-30-16-20-52(40)26-28(30)6-2)34-14-18-48-38-10-8-32(56-4)24-36(34)38/h7-14,17-18,23-24,27-30,39-40,43-44H,5-6,15-16,19-22,25-26H2,1-4H3,(H,49,53)(H,50,54)/t27-,28-,29-,30+,39-,40-,43-,44-/m0/s1. The predicted molar refractivity (Wildman–Crippen MR) is 225 cm³/mol. The Balaban J connectivity index is 1.01. The average molecular weight is 787 g/mol. The van der Waals surface area contributed by atoms with Crippen molar-refractivity contribution < 1.29 is 19.1 Å². The van der Waals surface area contributed by atoms with Crippen molar-refractivity contribution in [3.8, 4) is 11.5 Å². The molecule has 10 atom stereocenters. The van der Waals surface area contributed by atoms with Gasteiger partial charge in [-0.15, -0.1) is 11.3 Å². The number of nitrogens with one attached hydrogen (secondary N) is 2. The Bertz CT molecular complexity index is 2120. The molecule has 0 saturated carbocycles. The summed E-state index contributed by atoms with van der Waals surface area (Å²) in [6, 6.07) is 19.4. The van der Waals surface area contributed by atoms with E-state index < -0.39 is 0 Å². The zero-order valence-corrected chi connectivity index (χ0v) is 34.3. The van der Waals surface area contributed by atoms with Crippen molar-refractivity contribution in [2.24, 2.45) is 23.7 Å². The van der Waals surface area contributed by atoms with Crippen LogP contribution in [0.3, 0.4) is 0 Å². The highest BCUT2D eigenvalue weighted by atomic mass is 32.1. The molecule has 3 aromatic heterocycles. The van der Waals surface area contributed by atoms with E-state index in [0.29, 0.717) is 33.4 Å². The summed E-state index contributed by atoms with van der Waals surface area (Å²) in [7, 11) is 3.35. The Labute approximate surface area is 339 Å². The highest BCUT2D eigenvalue weighted by Crippen LogP contribution is 2.45. The zero-order valence-electron chi connectivity index (χ0n) is 33.4. The number of piperidine rings is 6. The fourth-order valence-corrected chi connectivity index (χ4v) is 11.6. The van der Waals surface area contributed by atoms with Crippen molar-refractivity contribution >= 4 is 45.0 Å². The molecule has 11 heteroatoms. The number of hydrogen-bond acceptors (Lipinski definition) is 9. The molecule has 0 spiro atoms. The molecule has 6 aliphatic heterocycles. The number of methoxy groups -OCH3 is 2. The third-order valence-corrected chi connectivity index (χ3v) is 15.0. The second kappa shape index (κ2) is 16.0. The van der Waals surface area contributed by atoms with Crippen molar-refractivity contribution in [1.29, 1.82) is 0 Å². The minimum absolute atomic E-state index is 0.151. The normalized spacial score (nSPS) is 27.6. The maximum Gasteiger partial charge on any atom is 0.261 e. The Morgan fingerprint density at radius 3 is 1.54 bits per heavy atom. The number of carbonyl (C=O) groups is 2. The first kappa shape index (κ1) is 38.0. The number of aromatic nitrogens is 2. The topological polar surface area (TPSA) is 109 Å². The van der Waals surface area contributed by atoms with Gasteiger partial charge in [0.05, 0.1) is 47.1 Å². The Kier molecular flexibility index (Phi) is 10.6. The van der Waals surface area contributed by atoms with Gasteiger partial charge in [-0.05, 0) is 134 Å². The zero-order chi connectivity index (χ0) is 39.2. The first-order valence-electron chi connectivity index (χ1n) is 20.9. The van der Waals surface area contributed by atoms with Crippen LogP contribution in [0.4, 0.5) is 0 Å². The van der Waals surface area contributed by atoms with E-state index in [1.165, 1.54) is 37.0 Å². The van der Waals surface area contributed by atoms with Crippen LogP contribution in [0.5, 0.6) is 11.5 Å². The van der Waals surface area contributed by atoms with Crippen LogP contribution in [0.25, 0.3) is 21.8 Å². The van der Waals surface area contributed by atoms with Crippen LogP contribution in [0.1, 0.15) is 94.9 Å². The van der Waals surface area contributed by atoms with Crippen molar-refractivity contribution in [3.63, 3.8) is 0 Å². The molecular weight excluding hydrogens is 733 g/mol. The Hall–Kier alpha value is -4.58. The average Bonchev–Trinajstić information content (AvgIpc) is 3.78. The number of pyridine rings is 2. The monoisotopic (exact) mass is 786 g/mol. The fraction of sp³-hybridized carbons (Fsp3) is 0.478. The van der Waals surface area contributed by atoms with E-state index in [2.05, 4.69) is 56.4 Å². The number of benzene rings is 2. The van der Waals surface area contributed by atoms with Crippen molar-refractivity contribution in [3.05, 3.63) is 93.9 Å². The molecule has 2 amide bonds. The maximum atomic E-state index is 14.4. The Morgan fingerprint density at radius 2 is 1.16 bits per heavy atom. The maximum absolute atomic E-state index is 14.4. The van der Waals surface area contributed by atoms with Gasteiger partial charge in [-0.2, -0.15) is 0 Å². The first-order chi connectivity index (χ1) is 27.8. The SMILES string of the molecule is CC[C@H]1CN2CC[C@@H]1C[C@H]2[C@@H](NC(=O)c1ccc(C(=O)N[C@@H](c2ccnc3ccc(OC)cc23)[C@@H]2C[C@@H]3CCN2C[C@@H]3CC)s1)c1ccnc2ccc(OC)cc12. The number of thiophene rings is 1. The van der Waals surface area contributed by atoms with Crippen LogP contribution >= 0.6 is 11.3 Å². The molecule has 298 valence electrons. The van der Waals surface area contributed by atoms with Crippen molar-refractivity contribution in [1.82, 2.24) is 30.4 Å². The highest BCUT2D eigenvalue weighted by molar-refractivity contribution is 7.16. The molecule has 11 rings (SSSR count). The number of ether oxygens (including phenoxy) is 2. The molecule has 6 aliphatic rings. The molecule has 5 aromatic rings. The van der Waals surface area contributed by atoms with Crippen LogP contribution in [0, 0.1) is 23.7 Å².